The first-order valence-electron chi connectivity index (χ1n) is 11.4. The average molecular weight is 449 g/mol. The molecular formula is C25H28N4O4. The number of unbranched alkanes of at least 4 members (excludes halogenated alkanes) is 4. The van der Waals surface area contributed by atoms with E-state index >= 15 is 0 Å². The van der Waals surface area contributed by atoms with Crippen molar-refractivity contribution in [1.29, 1.82) is 0 Å². The second-order valence-corrected chi connectivity index (χ2v) is 8.23. The highest BCUT2D eigenvalue weighted by Gasteiger charge is 2.38. The number of carbonyl (C=O) groups is 1. The molecule has 2 aromatic carbocycles. The molecule has 172 valence electrons. The summed E-state index contributed by atoms with van der Waals surface area (Å²) in [6, 6.07) is 13.3. The smallest absolute Gasteiger partial charge is 0.338 e. The predicted molar refractivity (Wildman–Crippen MR) is 127 cm³/mol. The number of hydrogen-bond acceptors (Lipinski definition) is 6. The molecule has 1 aliphatic rings. The number of anilines is 1. The Morgan fingerprint density at radius 1 is 1.12 bits per heavy atom. The van der Waals surface area contributed by atoms with E-state index in [1.165, 1.54) is 12.5 Å². The monoisotopic (exact) mass is 448 g/mol. The van der Waals surface area contributed by atoms with E-state index in [1.807, 2.05) is 28.8 Å². The molecule has 2 heterocycles. The molecular weight excluding hydrogens is 420 g/mol. The zero-order valence-corrected chi connectivity index (χ0v) is 18.9. The lowest BCUT2D eigenvalue weighted by atomic mass is 9.93. The van der Waals surface area contributed by atoms with Gasteiger partial charge in [0.1, 0.15) is 6.04 Å². The van der Waals surface area contributed by atoms with Gasteiger partial charge in [0.25, 0.3) is 5.69 Å². The van der Waals surface area contributed by atoms with Gasteiger partial charge >= 0.3 is 5.97 Å². The lowest BCUT2D eigenvalue weighted by Gasteiger charge is -2.30. The second-order valence-electron chi connectivity index (χ2n) is 8.23. The largest absolute Gasteiger partial charge is 0.462 e. The van der Waals surface area contributed by atoms with Crippen molar-refractivity contribution in [2.24, 2.45) is 0 Å². The second kappa shape index (κ2) is 9.85. The number of hydrogen-bond donors (Lipinski definition) is 1. The number of fused-ring (bicyclic) bond motifs is 3. The topological polar surface area (TPSA) is 99.3 Å². The third-order valence-corrected chi connectivity index (χ3v) is 5.96. The molecule has 1 aromatic heterocycles. The normalized spacial score (nSPS) is 15.3. The van der Waals surface area contributed by atoms with E-state index in [0.29, 0.717) is 29.4 Å². The minimum atomic E-state index is -0.733. The summed E-state index contributed by atoms with van der Waals surface area (Å²) >= 11 is 0. The molecule has 0 amide bonds. The van der Waals surface area contributed by atoms with Crippen LogP contribution in [0.5, 0.6) is 0 Å². The van der Waals surface area contributed by atoms with Gasteiger partial charge in [-0.15, -0.1) is 0 Å². The van der Waals surface area contributed by atoms with E-state index in [-0.39, 0.29) is 5.69 Å². The molecule has 0 spiro atoms. The van der Waals surface area contributed by atoms with Crippen LogP contribution in [0, 0.1) is 10.1 Å². The number of allylic oxidation sites excluding steroid dienone is 1. The summed E-state index contributed by atoms with van der Waals surface area (Å²) < 4.78 is 7.50. The Kier molecular flexibility index (Phi) is 6.72. The van der Waals surface area contributed by atoms with Gasteiger partial charge in [0.05, 0.1) is 33.7 Å². The molecule has 1 N–H and O–H groups in total. The van der Waals surface area contributed by atoms with Crippen LogP contribution in [0.25, 0.3) is 11.0 Å². The van der Waals surface area contributed by atoms with Crippen molar-refractivity contribution in [3.05, 3.63) is 75.5 Å². The number of nitrogens with zero attached hydrogens (tertiary/aromatic N) is 3. The zero-order chi connectivity index (χ0) is 23.4. The Hall–Kier alpha value is -3.68. The minimum absolute atomic E-state index is 0.0502. The molecule has 4 rings (SSSR count). The van der Waals surface area contributed by atoms with Crippen LogP contribution in [0.4, 0.5) is 11.6 Å². The Bertz CT molecular complexity index is 1210. The van der Waals surface area contributed by atoms with Gasteiger partial charge in [-0.25, -0.2) is 9.78 Å². The van der Waals surface area contributed by atoms with E-state index in [4.69, 9.17) is 4.74 Å². The lowest BCUT2D eigenvalue weighted by molar-refractivity contribution is -0.385. The van der Waals surface area contributed by atoms with E-state index < -0.39 is 16.9 Å². The number of rotatable bonds is 9. The molecule has 0 bridgehead atoms. The van der Waals surface area contributed by atoms with Crippen molar-refractivity contribution in [1.82, 2.24) is 9.55 Å². The SMILES string of the molecule is CCCCCCCOC(=O)C1=C(C)Nc2nc3ccccc3n2C1c1ccccc1[N+](=O)[O-]. The maximum absolute atomic E-state index is 13.3. The Morgan fingerprint density at radius 2 is 1.85 bits per heavy atom. The molecule has 1 aliphatic heterocycles. The average Bonchev–Trinajstić information content (AvgIpc) is 3.18. The first-order chi connectivity index (χ1) is 16.0. The summed E-state index contributed by atoms with van der Waals surface area (Å²) in [6.07, 6.45) is 5.22. The Labute approximate surface area is 192 Å². The van der Waals surface area contributed by atoms with Crippen LogP contribution in [0.3, 0.4) is 0 Å². The molecule has 0 aliphatic carbocycles. The van der Waals surface area contributed by atoms with Crippen LogP contribution in [0.1, 0.15) is 57.6 Å². The fourth-order valence-corrected chi connectivity index (χ4v) is 4.36. The highest BCUT2D eigenvalue weighted by atomic mass is 16.6. The van der Waals surface area contributed by atoms with Crippen molar-refractivity contribution < 1.29 is 14.5 Å². The molecule has 0 fully saturated rings. The maximum Gasteiger partial charge on any atom is 0.338 e. The fraction of sp³-hybridized carbons (Fsp3) is 0.360. The van der Waals surface area contributed by atoms with Crippen molar-refractivity contribution in [3.63, 3.8) is 0 Å². The first-order valence-corrected chi connectivity index (χ1v) is 11.4. The number of esters is 1. The predicted octanol–water partition coefficient (Wildman–Crippen LogP) is 5.75. The van der Waals surface area contributed by atoms with E-state index in [1.54, 1.807) is 25.1 Å². The first kappa shape index (κ1) is 22.5. The molecule has 33 heavy (non-hydrogen) atoms. The lowest BCUT2D eigenvalue weighted by Crippen LogP contribution is -2.29. The van der Waals surface area contributed by atoms with Crippen LogP contribution < -0.4 is 5.32 Å². The zero-order valence-electron chi connectivity index (χ0n) is 18.9. The van der Waals surface area contributed by atoms with Crippen LogP contribution in [0.15, 0.2) is 59.8 Å². The Balaban J connectivity index is 1.75. The number of aromatic nitrogens is 2. The standard InChI is InChI=1S/C25H28N4O4/c1-3-4-5-6-11-16-33-24(30)22-17(2)26-25-27-19-13-8-10-15-21(19)28(25)23(22)18-12-7-9-14-20(18)29(31)32/h7-10,12-15,23H,3-6,11,16H2,1-2H3,(H,26,27). The van der Waals surface area contributed by atoms with Crippen molar-refractivity contribution in [2.75, 3.05) is 11.9 Å². The molecule has 0 saturated heterocycles. The molecule has 3 aromatic rings. The van der Waals surface area contributed by atoms with Gasteiger partial charge in [0.15, 0.2) is 0 Å². The highest BCUT2D eigenvalue weighted by Crippen LogP contribution is 2.42. The molecule has 1 unspecified atom stereocenters. The number of para-hydroxylation sites is 3. The quantitative estimate of drug-likeness (QED) is 0.194. The summed E-state index contributed by atoms with van der Waals surface area (Å²) in [5, 5.41) is 15.1. The summed E-state index contributed by atoms with van der Waals surface area (Å²) in [7, 11) is 0. The van der Waals surface area contributed by atoms with Gasteiger partial charge < -0.3 is 10.1 Å². The number of nitro benzene ring substituents is 1. The van der Waals surface area contributed by atoms with Crippen molar-refractivity contribution in [3.8, 4) is 0 Å². The molecule has 0 radical (unpaired) electrons. The van der Waals surface area contributed by atoms with Crippen LogP contribution in [-0.2, 0) is 9.53 Å². The molecule has 1 atom stereocenters. The van der Waals surface area contributed by atoms with Gasteiger partial charge in [0.2, 0.25) is 5.95 Å². The van der Waals surface area contributed by atoms with Crippen molar-refractivity contribution in [2.45, 2.75) is 52.0 Å². The Morgan fingerprint density at radius 3 is 2.64 bits per heavy atom. The van der Waals surface area contributed by atoms with E-state index in [9.17, 15) is 14.9 Å². The van der Waals surface area contributed by atoms with Crippen LogP contribution >= 0.6 is 0 Å². The fourth-order valence-electron chi connectivity index (χ4n) is 4.36. The summed E-state index contributed by atoms with van der Waals surface area (Å²) in [6.45, 7) is 4.26. The van der Waals surface area contributed by atoms with Gasteiger partial charge in [-0.2, -0.15) is 0 Å². The molecule has 8 heteroatoms. The van der Waals surface area contributed by atoms with Crippen LogP contribution in [-0.4, -0.2) is 27.1 Å². The number of nitrogens with one attached hydrogen (secondary N) is 1. The van der Waals surface area contributed by atoms with Crippen LogP contribution in [0.2, 0.25) is 0 Å². The number of ether oxygens (including phenoxy) is 1. The molecule has 0 saturated carbocycles. The summed E-state index contributed by atoms with van der Waals surface area (Å²) in [5.41, 5.74) is 2.82. The number of benzene rings is 2. The van der Waals surface area contributed by atoms with E-state index in [0.717, 1.165) is 36.7 Å². The number of carbonyl (C=O) groups excluding carboxylic acids is 1. The third-order valence-electron chi connectivity index (χ3n) is 5.96. The number of nitro groups is 1. The summed E-state index contributed by atoms with van der Waals surface area (Å²) in [5.74, 6) is 0.0649. The third kappa shape index (κ3) is 4.46. The van der Waals surface area contributed by atoms with Gasteiger partial charge in [-0.05, 0) is 31.5 Å². The van der Waals surface area contributed by atoms with Gasteiger partial charge in [-0.1, -0.05) is 56.9 Å². The maximum atomic E-state index is 13.3. The summed E-state index contributed by atoms with van der Waals surface area (Å²) in [4.78, 5) is 29.4. The molecule has 8 nitrogen and oxygen atoms in total. The van der Waals surface area contributed by atoms with Crippen molar-refractivity contribution >= 4 is 28.6 Å². The minimum Gasteiger partial charge on any atom is -0.462 e. The number of imidazole rings is 1. The highest BCUT2D eigenvalue weighted by molar-refractivity contribution is 5.94. The van der Waals surface area contributed by atoms with Gasteiger partial charge in [-0.3, -0.25) is 14.7 Å². The van der Waals surface area contributed by atoms with Gasteiger partial charge in [0, 0.05) is 11.8 Å². The van der Waals surface area contributed by atoms with E-state index in [2.05, 4.69) is 17.2 Å².